The first kappa shape index (κ1) is 12.9. The van der Waals surface area contributed by atoms with Crippen molar-refractivity contribution < 1.29 is 13.5 Å². The molecule has 0 aliphatic rings. The summed E-state index contributed by atoms with van der Waals surface area (Å²) < 4.78 is 26.3. The van der Waals surface area contributed by atoms with Crippen LogP contribution in [-0.4, -0.2) is 23.7 Å². The second-order valence-corrected chi connectivity index (χ2v) is 6.40. The average molecular weight is 285 g/mol. The summed E-state index contributed by atoms with van der Waals surface area (Å²) in [7, 11) is -3.65. The monoisotopic (exact) mass is 285 g/mol. The molecule has 0 saturated carbocycles. The molecule has 0 radical (unpaired) electrons. The number of hydrogen-bond donors (Lipinski definition) is 2. The van der Waals surface area contributed by atoms with Crippen molar-refractivity contribution in [1.82, 2.24) is 10.2 Å². The lowest BCUT2D eigenvalue weighted by Gasteiger charge is -2.05. The molecule has 2 aromatic rings. The van der Waals surface area contributed by atoms with Crippen LogP contribution in [0.2, 0.25) is 0 Å². The summed E-state index contributed by atoms with van der Waals surface area (Å²) in [5.41, 5.74) is 0.653. The lowest BCUT2D eigenvalue weighted by Crippen LogP contribution is -2.12. The standard InChI is InChI=1S/C10H11N3O3S2/c1-7-11-12-10(17-7)13-18(15,16)9-4-2-8(6-14)3-5-9/h2-5,14H,6H2,1H3,(H,12,13). The highest BCUT2D eigenvalue weighted by Crippen LogP contribution is 2.19. The summed E-state index contributed by atoms with van der Waals surface area (Å²) in [4.78, 5) is 0.118. The van der Waals surface area contributed by atoms with E-state index in [4.69, 9.17) is 5.11 Å². The Balaban J connectivity index is 2.24. The summed E-state index contributed by atoms with van der Waals surface area (Å²) >= 11 is 1.16. The molecule has 0 saturated heterocycles. The minimum absolute atomic E-state index is 0.118. The quantitative estimate of drug-likeness (QED) is 0.878. The van der Waals surface area contributed by atoms with E-state index in [0.29, 0.717) is 10.6 Å². The number of aromatic nitrogens is 2. The molecule has 0 atom stereocenters. The van der Waals surface area contributed by atoms with Crippen LogP contribution in [0.15, 0.2) is 29.2 Å². The summed E-state index contributed by atoms with van der Waals surface area (Å²) in [5.74, 6) is 0. The van der Waals surface area contributed by atoms with Gasteiger partial charge in [-0.05, 0) is 24.6 Å². The Kier molecular flexibility index (Phi) is 3.60. The number of anilines is 1. The summed E-state index contributed by atoms with van der Waals surface area (Å²) in [6, 6.07) is 5.98. The largest absolute Gasteiger partial charge is 0.392 e. The van der Waals surface area contributed by atoms with E-state index in [0.717, 1.165) is 11.3 Å². The Bertz CT molecular complexity index is 635. The maximum atomic E-state index is 12.0. The fourth-order valence-corrected chi connectivity index (χ4v) is 3.11. The molecule has 0 fully saturated rings. The van der Waals surface area contributed by atoms with Crippen molar-refractivity contribution in [2.45, 2.75) is 18.4 Å². The van der Waals surface area contributed by atoms with Crippen molar-refractivity contribution in [2.75, 3.05) is 4.72 Å². The molecule has 0 spiro atoms. The zero-order valence-corrected chi connectivity index (χ0v) is 11.1. The second kappa shape index (κ2) is 5.01. The van der Waals surface area contributed by atoms with Crippen LogP contribution < -0.4 is 4.72 Å². The molecule has 0 aliphatic heterocycles. The van der Waals surface area contributed by atoms with E-state index in [9.17, 15) is 8.42 Å². The molecule has 96 valence electrons. The molecule has 18 heavy (non-hydrogen) atoms. The number of rotatable bonds is 4. The predicted octanol–water partition coefficient (Wildman–Crippen LogP) is 1.14. The zero-order valence-electron chi connectivity index (χ0n) is 9.49. The average Bonchev–Trinajstić information content (AvgIpc) is 2.74. The van der Waals surface area contributed by atoms with E-state index in [2.05, 4.69) is 14.9 Å². The molecule has 8 heteroatoms. The molecule has 0 unspecified atom stereocenters. The Hall–Kier alpha value is -1.51. The van der Waals surface area contributed by atoms with Gasteiger partial charge >= 0.3 is 0 Å². The van der Waals surface area contributed by atoms with Gasteiger partial charge in [0.25, 0.3) is 10.0 Å². The summed E-state index contributed by atoms with van der Waals surface area (Å²) in [5, 5.41) is 17.2. The van der Waals surface area contributed by atoms with Crippen LogP contribution in [0.3, 0.4) is 0 Å². The molecule has 1 aromatic heterocycles. The van der Waals surface area contributed by atoms with Gasteiger partial charge in [0.15, 0.2) is 0 Å². The molecule has 2 N–H and O–H groups in total. The number of sulfonamides is 1. The zero-order chi connectivity index (χ0) is 13.2. The van der Waals surface area contributed by atoms with Crippen molar-refractivity contribution in [3.63, 3.8) is 0 Å². The smallest absolute Gasteiger partial charge is 0.263 e. The van der Waals surface area contributed by atoms with Gasteiger partial charge in [-0.3, -0.25) is 4.72 Å². The van der Waals surface area contributed by atoms with E-state index in [1.165, 1.54) is 12.1 Å². The van der Waals surface area contributed by atoms with E-state index in [1.54, 1.807) is 19.1 Å². The minimum atomic E-state index is -3.65. The number of hydrogen-bond acceptors (Lipinski definition) is 6. The molecule has 0 amide bonds. The third-order valence-electron chi connectivity index (χ3n) is 2.16. The van der Waals surface area contributed by atoms with Gasteiger partial charge in [-0.15, -0.1) is 10.2 Å². The third-order valence-corrected chi connectivity index (χ3v) is 4.40. The van der Waals surface area contributed by atoms with Crippen LogP contribution >= 0.6 is 11.3 Å². The van der Waals surface area contributed by atoms with Crippen molar-refractivity contribution >= 4 is 26.5 Å². The number of aliphatic hydroxyl groups excluding tert-OH is 1. The maximum Gasteiger partial charge on any atom is 0.263 e. The van der Waals surface area contributed by atoms with Crippen LogP contribution in [0.4, 0.5) is 5.13 Å². The molecule has 1 aromatic carbocycles. The number of nitrogens with one attached hydrogen (secondary N) is 1. The van der Waals surface area contributed by atoms with Crippen LogP contribution in [0.5, 0.6) is 0 Å². The van der Waals surface area contributed by atoms with Crippen LogP contribution in [0, 0.1) is 6.92 Å². The van der Waals surface area contributed by atoms with Gasteiger partial charge in [0.2, 0.25) is 5.13 Å². The highest BCUT2D eigenvalue weighted by molar-refractivity contribution is 7.93. The Morgan fingerprint density at radius 1 is 1.28 bits per heavy atom. The maximum absolute atomic E-state index is 12.0. The van der Waals surface area contributed by atoms with Crippen molar-refractivity contribution in [3.8, 4) is 0 Å². The fraction of sp³-hybridized carbons (Fsp3) is 0.200. The van der Waals surface area contributed by atoms with Crippen LogP contribution in [0.1, 0.15) is 10.6 Å². The van der Waals surface area contributed by atoms with Gasteiger partial charge in [0, 0.05) is 0 Å². The van der Waals surface area contributed by atoms with E-state index in [-0.39, 0.29) is 16.6 Å². The number of aliphatic hydroxyl groups is 1. The van der Waals surface area contributed by atoms with E-state index in [1.807, 2.05) is 0 Å². The highest BCUT2D eigenvalue weighted by Gasteiger charge is 2.16. The van der Waals surface area contributed by atoms with E-state index < -0.39 is 10.0 Å². The SMILES string of the molecule is Cc1nnc(NS(=O)(=O)c2ccc(CO)cc2)s1. The first-order valence-electron chi connectivity index (χ1n) is 5.04. The van der Waals surface area contributed by atoms with Crippen molar-refractivity contribution in [2.24, 2.45) is 0 Å². The van der Waals surface area contributed by atoms with Crippen molar-refractivity contribution in [1.29, 1.82) is 0 Å². The summed E-state index contributed by atoms with van der Waals surface area (Å²) in [6.07, 6.45) is 0. The van der Waals surface area contributed by atoms with Crippen LogP contribution in [-0.2, 0) is 16.6 Å². The van der Waals surface area contributed by atoms with Crippen LogP contribution in [0.25, 0.3) is 0 Å². The number of benzene rings is 1. The normalized spacial score (nSPS) is 11.4. The number of nitrogens with zero attached hydrogens (tertiary/aromatic N) is 2. The van der Waals surface area contributed by atoms with Gasteiger partial charge < -0.3 is 5.11 Å². The molecule has 1 heterocycles. The molecule has 0 aliphatic carbocycles. The van der Waals surface area contributed by atoms with Gasteiger partial charge in [0.1, 0.15) is 5.01 Å². The molecular weight excluding hydrogens is 274 g/mol. The van der Waals surface area contributed by atoms with Crippen molar-refractivity contribution in [3.05, 3.63) is 34.8 Å². The number of aryl methyl sites for hydroxylation is 1. The summed E-state index contributed by atoms with van der Waals surface area (Å²) in [6.45, 7) is 1.62. The Labute approximate surface area is 108 Å². The molecular formula is C10H11N3O3S2. The third kappa shape index (κ3) is 2.84. The van der Waals surface area contributed by atoms with E-state index >= 15 is 0 Å². The predicted molar refractivity (Wildman–Crippen MR) is 67.8 cm³/mol. The molecule has 2 rings (SSSR count). The van der Waals surface area contributed by atoms with Gasteiger partial charge in [-0.2, -0.15) is 0 Å². The lowest BCUT2D eigenvalue weighted by molar-refractivity contribution is 0.282. The first-order chi connectivity index (χ1) is 8.51. The second-order valence-electron chi connectivity index (χ2n) is 3.53. The highest BCUT2D eigenvalue weighted by atomic mass is 32.2. The molecule has 6 nitrogen and oxygen atoms in total. The topological polar surface area (TPSA) is 92.2 Å². The molecule has 0 bridgehead atoms. The van der Waals surface area contributed by atoms with Gasteiger partial charge in [-0.1, -0.05) is 23.5 Å². The van der Waals surface area contributed by atoms with Gasteiger partial charge in [0.05, 0.1) is 11.5 Å². The Morgan fingerprint density at radius 2 is 1.94 bits per heavy atom. The Morgan fingerprint density at radius 3 is 2.44 bits per heavy atom. The lowest BCUT2D eigenvalue weighted by atomic mass is 10.2. The first-order valence-corrected chi connectivity index (χ1v) is 7.34. The fourth-order valence-electron chi connectivity index (χ4n) is 1.29. The minimum Gasteiger partial charge on any atom is -0.392 e. The van der Waals surface area contributed by atoms with Gasteiger partial charge in [-0.25, -0.2) is 8.42 Å².